The second kappa shape index (κ2) is 9.37. The topological polar surface area (TPSA) is 67.4 Å². The van der Waals surface area contributed by atoms with Gasteiger partial charge in [-0.25, -0.2) is 8.78 Å². The highest BCUT2D eigenvalue weighted by molar-refractivity contribution is 6.31. The van der Waals surface area contributed by atoms with Crippen molar-refractivity contribution in [1.82, 2.24) is 5.32 Å². The van der Waals surface area contributed by atoms with Gasteiger partial charge in [0.1, 0.15) is 11.2 Å². The lowest BCUT2D eigenvalue weighted by Gasteiger charge is -2.46. The lowest BCUT2D eigenvalue weighted by Crippen LogP contribution is -2.57. The van der Waals surface area contributed by atoms with Crippen molar-refractivity contribution < 1.29 is 23.1 Å². The summed E-state index contributed by atoms with van der Waals surface area (Å²) in [5.41, 5.74) is -0.197. The average Bonchev–Trinajstić information content (AvgIpc) is 3.12. The standard InChI is InChI=1S/C27H22Cl2F2N2O3/c1-2-10-36-21-9-8-19(30)24(31)23(21)25-27(17-7-6-16(29)12-20(17)32-26(27)35)18(13-22(34)33-25)14-4-3-5-15(28)11-14/h3-9,11-12,18,25H,2,10,13H2,1H3,(H,32,35)(H,33,34)/t18-,25+,27-/m1/s1. The van der Waals surface area contributed by atoms with Gasteiger partial charge in [0, 0.05) is 28.1 Å². The summed E-state index contributed by atoms with van der Waals surface area (Å²) in [4.78, 5) is 27.1. The van der Waals surface area contributed by atoms with Crippen molar-refractivity contribution in [3.63, 3.8) is 0 Å². The Morgan fingerprint density at radius 1 is 1.06 bits per heavy atom. The summed E-state index contributed by atoms with van der Waals surface area (Å²) in [5, 5.41) is 6.47. The maximum atomic E-state index is 15.6. The first-order valence-electron chi connectivity index (χ1n) is 11.5. The minimum Gasteiger partial charge on any atom is -0.493 e. The molecule has 2 heterocycles. The summed E-state index contributed by atoms with van der Waals surface area (Å²) >= 11 is 12.5. The second-order valence-corrected chi connectivity index (χ2v) is 9.82. The van der Waals surface area contributed by atoms with Crippen LogP contribution in [0.3, 0.4) is 0 Å². The van der Waals surface area contributed by atoms with Gasteiger partial charge in [0.15, 0.2) is 11.6 Å². The van der Waals surface area contributed by atoms with Gasteiger partial charge in [-0.1, -0.05) is 48.3 Å². The molecule has 2 N–H and O–H groups in total. The number of hydrogen-bond donors (Lipinski definition) is 2. The van der Waals surface area contributed by atoms with Crippen molar-refractivity contribution in [2.75, 3.05) is 11.9 Å². The number of amides is 2. The fourth-order valence-electron chi connectivity index (χ4n) is 5.40. The Morgan fingerprint density at radius 2 is 1.83 bits per heavy atom. The molecule has 0 aliphatic carbocycles. The van der Waals surface area contributed by atoms with E-state index in [0.29, 0.717) is 33.3 Å². The van der Waals surface area contributed by atoms with Crippen LogP contribution < -0.4 is 15.4 Å². The zero-order chi connectivity index (χ0) is 25.6. The summed E-state index contributed by atoms with van der Waals surface area (Å²) in [6.45, 7) is 2.12. The SMILES string of the molecule is CCCOc1ccc(F)c(F)c1[C@@H]1NC(=O)C[C@H](c2cccc(Cl)c2)[C@@]12C(=O)Nc1cc(Cl)ccc12. The lowest BCUT2D eigenvalue weighted by atomic mass is 9.59. The molecule has 0 bridgehead atoms. The smallest absolute Gasteiger partial charge is 0.238 e. The van der Waals surface area contributed by atoms with E-state index < -0.39 is 40.8 Å². The van der Waals surface area contributed by atoms with Crippen LogP contribution in [0.4, 0.5) is 14.5 Å². The first kappa shape index (κ1) is 24.5. The number of ether oxygens (including phenoxy) is 1. The van der Waals surface area contributed by atoms with E-state index in [0.717, 1.165) is 6.07 Å². The summed E-state index contributed by atoms with van der Waals surface area (Å²) in [6, 6.07) is 12.8. The normalized spacial score (nSPS) is 22.8. The summed E-state index contributed by atoms with van der Waals surface area (Å²) in [7, 11) is 0. The largest absolute Gasteiger partial charge is 0.493 e. The highest BCUT2D eigenvalue weighted by Crippen LogP contribution is 2.59. The molecule has 3 atom stereocenters. The van der Waals surface area contributed by atoms with Crippen LogP contribution in [0, 0.1) is 11.6 Å². The molecule has 36 heavy (non-hydrogen) atoms. The quantitative estimate of drug-likeness (QED) is 0.407. The summed E-state index contributed by atoms with van der Waals surface area (Å²) in [6.07, 6.45) is 0.544. The molecule has 1 fully saturated rings. The van der Waals surface area contributed by atoms with E-state index in [2.05, 4.69) is 10.6 Å². The fraction of sp³-hybridized carbons (Fsp3) is 0.259. The minimum absolute atomic E-state index is 0.0578. The Labute approximate surface area is 216 Å². The molecule has 3 aromatic carbocycles. The molecule has 0 aromatic heterocycles. The number of benzene rings is 3. The predicted molar refractivity (Wildman–Crippen MR) is 134 cm³/mol. The summed E-state index contributed by atoms with van der Waals surface area (Å²) < 4.78 is 36.1. The van der Waals surface area contributed by atoms with Gasteiger partial charge >= 0.3 is 0 Å². The zero-order valence-corrected chi connectivity index (χ0v) is 20.7. The van der Waals surface area contributed by atoms with E-state index in [1.54, 1.807) is 42.5 Å². The molecular formula is C27H22Cl2F2N2O3. The van der Waals surface area contributed by atoms with Crippen molar-refractivity contribution in [3.8, 4) is 5.75 Å². The first-order chi connectivity index (χ1) is 17.3. The second-order valence-electron chi connectivity index (χ2n) is 8.95. The van der Waals surface area contributed by atoms with Crippen LogP contribution in [-0.4, -0.2) is 18.4 Å². The molecular weight excluding hydrogens is 509 g/mol. The maximum Gasteiger partial charge on any atom is 0.238 e. The van der Waals surface area contributed by atoms with Crippen LogP contribution >= 0.6 is 23.2 Å². The van der Waals surface area contributed by atoms with Gasteiger partial charge in [0.05, 0.1) is 18.2 Å². The van der Waals surface area contributed by atoms with Crippen molar-refractivity contribution in [3.05, 3.63) is 93.0 Å². The minimum atomic E-state index is -1.54. The molecule has 1 spiro atoms. The van der Waals surface area contributed by atoms with Crippen molar-refractivity contribution >= 4 is 40.7 Å². The van der Waals surface area contributed by atoms with Crippen molar-refractivity contribution in [2.45, 2.75) is 37.1 Å². The van der Waals surface area contributed by atoms with Crippen molar-refractivity contribution in [1.29, 1.82) is 0 Å². The molecule has 2 aliphatic heterocycles. The van der Waals surface area contributed by atoms with Crippen molar-refractivity contribution in [2.24, 2.45) is 0 Å². The monoisotopic (exact) mass is 530 g/mol. The third-order valence-corrected chi connectivity index (χ3v) is 7.32. The molecule has 0 saturated carbocycles. The Kier molecular flexibility index (Phi) is 6.39. The van der Waals surface area contributed by atoms with Gasteiger partial charge < -0.3 is 15.4 Å². The number of nitrogens with one attached hydrogen (secondary N) is 2. The van der Waals surface area contributed by atoms with Crippen LogP contribution in [0.5, 0.6) is 5.75 Å². The Bertz CT molecular complexity index is 1380. The third kappa shape index (κ3) is 3.82. The van der Waals surface area contributed by atoms with E-state index in [1.165, 1.54) is 6.07 Å². The molecule has 5 rings (SSSR count). The van der Waals surface area contributed by atoms with Crippen LogP contribution in [0.1, 0.15) is 48.4 Å². The zero-order valence-electron chi connectivity index (χ0n) is 19.2. The number of piperidine rings is 1. The average molecular weight is 531 g/mol. The van der Waals surface area contributed by atoms with Crippen LogP contribution in [0.15, 0.2) is 54.6 Å². The van der Waals surface area contributed by atoms with Crippen LogP contribution in [0.25, 0.3) is 0 Å². The molecule has 186 valence electrons. The number of carbonyl (C=O) groups is 2. The molecule has 0 radical (unpaired) electrons. The predicted octanol–water partition coefficient (Wildman–Crippen LogP) is 6.30. The van der Waals surface area contributed by atoms with Gasteiger partial charge in [-0.2, -0.15) is 0 Å². The number of carbonyl (C=O) groups excluding carboxylic acids is 2. The third-order valence-electron chi connectivity index (χ3n) is 6.85. The number of fused-ring (bicyclic) bond motifs is 2. The highest BCUT2D eigenvalue weighted by Gasteiger charge is 2.62. The van der Waals surface area contributed by atoms with Gasteiger partial charge in [0.2, 0.25) is 11.8 Å². The molecule has 1 saturated heterocycles. The van der Waals surface area contributed by atoms with Gasteiger partial charge in [-0.15, -0.1) is 0 Å². The fourth-order valence-corrected chi connectivity index (χ4v) is 5.77. The highest BCUT2D eigenvalue weighted by atomic mass is 35.5. The van der Waals surface area contributed by atoms with Crippen LogP contribution in [0.2, 0.25) is 10.0 Å². The van der Waals surface area contributed by atoms with Gasteiger partial charge in [-0.3, -0.25) is 9.59 Å². The molecule has 2 aliphatic rings. The Hall–Kier alpha value is -3.16. The maximum absolute atomic E-state index is 15.6. The molecule has 3 aromatic rings. The van der Waals surface area contributed by atoms with E-state index in [1.807, 2.05) is 6.92 Å². The lowest BCUT2D eigenvalue weighted by molar-refractivity contribution is -0.131. The van der Waals surface area contributed by atoms with E-state index >= 15 is 4.39 Å². The number of halogens is 4. The Balaban J connectivity index is 1.83. The van der Waals surface area contributed by atoms with Gasteiger partial charge in [-0.05, 0) is 53.9 Å². The van der Waals surface area contributed by atoms with E-state index in [9.17, 15) is 14.0 Å². The molecule has 5 nitrogen and oxygen atoms in total. The molecule has 0 unspecified atom stereocenters. The number of rotatable bonds is 5. The van der Waals surface area contributed by atoms with E-state index in [4.69, 9.17) is 27.9 Å². The first-order valence-corrected chi connectivity index (χ1v) is 12.3. The number of hydrogen-bond acceptors (Lipinski definition) is 3. The number of anilines is 1. The Morgan fingerprint density at radius 3 is 2.58 bits per heavy atom. The molecule has 9 heteroatoms. The van der Waals surface area contributed by atoms with E-state index in [-0.39, 0.29) is 24.3 Å². The molecule has 2 amide bonds. The van der Waals surface area contributed by atoms with Gasteiger partial charge in [0.25, 0.3) is 0 Å². The summed E-state index contributed by atoms with van der Waals surface area (Å²) in [5.74, 6) is -3.88. The van der Waals surface area contributed by atoms with Crippen LogP contribution in [-0.2, 0) is 15.0 Å².